The second-order valence-electron chi connectivity index (χ2n) is 8.22. The van der Waals surface area contributed by atoms with Gasteiger partial charge in [-0.25, -0.2) is 0 Å². The first kappa shape index (κ1) is 22.3. The van der Waals surface area contributed by atoms with Crippen LogP contribution in [0.4, 0.5) is 11.4 Å². The van der Waals surface area contributed by atoms with E-state index in [1.54, 1.807) is 29.2 Å². The van der Waals surface area contributed by atoms with Crippen LogP contribution in [-0.2, 0) is 16.0 Å². The number of nitrogens with one attached hydrogen (secondary N) is 2. The minimum atomic E-state index is -0.480. The van der Waals surface area contributed by atoms with E-state index in [0.717, 1.165) is 23.2 Å². The Morgan fingerprint density at radius 1 is 0.939 bits per heavy atom. The molecule has 0 aliphatic carbocycles. The van der Waals surface area contributed by atoms with Crippen molar-refractivity contribution < 1.29 is 14.4 Å². The summed E-state index contributed by atoms with van der Waals surface area (Å²) in [6, 6.07) is 24.5. The summed E-state index contributed by atoms with van der Waals surface area (Å²) >= 11 is 0. The van der Waals surface area contributed by atoms with Gasteiger partial charge in [0.15, 0.2) is 0 Å². The van der Waals surface area contributed by atoms with Crippen LogP contribution in [0.3, 0.4) is 0 Å². The number of carbonyl (C=O) groups excluding carboxylic acids is 3. The monoisotopic (exact) mass is 441 g/mol. The second kappa shape index (κ2) is 10.1. The average molecular weight is 442 g/mol. The Kier molecular flexibility index (Phi) is 6.83. The van der Waals surface area contributed by atoms with E-state index in [4.69, 9.17) is 0 Å². The summed E-state index contributed by atoms with van der Waals surface area (Å²) < 4.78 is 0. The molecule has 1 fully saturated rings. The Morgan fingerprint density at radius 3 is 2.42 bits per heavy atom. The Hall–Kier alpha value is -3.93. The summed E-state index contributed by atoms with van der Waals surface area (Å²) in [7, 11) is 0. The third-order valence-corrected chi connectivity index (χ3v) is 5.87. The topological polar surface area (TPSA) is 78.5 Å². The molecule has 1 aliphatic rings. The Balaban J connectivity index is 1.39. The zero-order valence-corrected chi connectivity index (χ0v) is 18.6. The lowest BCUT2D eigenvalue weighted by atomic mass is 10.1. The SMILES string of the molecule is Cc1ccccc1N1C[C@H](C(=O)Nc2ccccc2C(=O)NCCc2ccccc2)CC1=O. The van der Waals surface area contributed by atoms with Crippen LogP contribution in [0.15, 0.2) is 78.9 Å². The number of hydrogen-bond acceptors (Lipinski definition) is 3. The van der Waals surface area contributed by atoms with Gasteiger partial charge in [-0.3, -0.25) is 14.4 Å². The average Bonchev–Trinajstić information content (AvgIpc) is 3.22. The van der Waals surface area contributed by atoms with Crippen LogP contribution >= 0.6 is 0 Å². The van der Waals surface area contributed by atoms with Gasteiger partial charge in [0.1, 0.15) is 0 Å². The number of nitrogens with zero attached hydrogens (tertiary/aromatic N) is 1. The van der Waals surface area contributed by atoms with E-state index in [-0.39, 0.29) is 24.1 Å². The first-order valence-corrected chi connectivity index (χ1v) is 11.1. The smallest absolute Gasteiger partial charge is 0.253 e. The zero-order chi connectivity index (χ0) is 23.2. The van der Waals surface area contributed by atoms with Gasteiger partial charge in [0, 0.05) is 25.2 Å². The maximum Gasteiger partial charge on any atom is 0.253 e. The van der Waals surface area contributed by atoms with Gasteiger partial charge >= 0.3 is 0 Å². The van der Waals surface area contributed by atoms with Crippen molar-refractivity contribution in [3.05, 3.63) is 95.6 Å². The van der Waals surface area contributed by atoms with Gasteiger partial charge in [-0.15, -0.1) is 0 Å². The van der Waals surface area contributed by atoms with Crippen molar-refractivity contribution >= 4 is 29.1 Å². The number of anilines is 2. The fourth-order valence-corrected chi connectivity index (χ4v) is 4.07. The van der Waals surface area contributed by atoms with E-state index >= 15 is 0 Å². The number of benzene rings is 3. The van der Waals surface area contributed by atoms with E-state index in [0.29, 0.717) is 24.3 Å². The number of para-hydroxylation sites is 2. The molecule has 33 heavy (non-hydrogen) atoms. The molecule has 0 unspecified atom stereocenters. The number of amides is 3. The molecular weight excluding hydrogens is 414 g/mol. The predicted octanol–water partition coefficient (Wildman–Crippen LogP) is 3.96. The van der Waals surface area contributed by atoms with Crippen molar-refractivity contribution in [3.8, 4) is 0 Å². The van der Waals surface area contributed by atoms with Gasteiger partial charge in [0.2, 0.25) is 11.8 Å². The third-order valence-electron chi connectivity index (χ3n) is 5.87. The summed E-state index contributed by atoms with van der Waals surface area (Å²) in [5, 5.41) is 5.79. The molecule has 0 aromatic heterocycles. The number of hydrogen-bond donors (Lipinski definition) is 2. The fraction of sp³-hybridized carbons (Fsp3) is 0.222. The highest BCUT2D eigenvalue weighted by Gasteiger charge is 2.35. The number of carbonyl (C=O) groups is 3. The molecular formula is C27H27N3O3. The minimum Gasteiger partial charge on any atom is -0.352 e. The van der Waals surface area contributed by atoms with Crippen LogP contribution in [-0.4, -0.2) is 30.8 Å². The second-order valence-corrected chi connectivity index (χ2v) is 8.22. The maximum absolute atomic E-state index is 13.0. The van der Waals surface area contributed by atoms with Crippen molar-refractivity contribution in [2.24, 2.45) is 5.92 Å². The molecule has 2 N–H and O–H groups in total. The molecule has 4 rings (SSSR count). The maximum atomic E-state index is 13.0. The molecule has 3 aromatic rings. The molecule has 1 aliphatic heterocycles. The standard InChI is InChI=1S/C27H27N3O3/c1-19-9-5-8-14-24(19)30-18-21(17-25(30)31)26(32)29-23-13-7-6-12-22(23)27(33)28-16-15-20-10-3-2-4-11-20/h2-14,21H,15-18H2,1H3,(H,28,33)(H,29,32)/t21-/m1/s1. The van der Waals surface area contributed by atoms with E-state index in [9.17, 15) is 14.4 Å². The van der Waals surface area contributed by atoms with E-state index < -0.39 is 5.92 Å². The molecule has 6 heteroatoms. The largest absolute Gasteiger partial charge is 0.352 e. The van der Waals surface area contributed by atoms with Gasteiger partial charge in [-0.1, -0.05) is 60.7 Å². The highest BCUT2D eigenvalue weighted by molar-refractivity contribution is 6.07. The van der Waals surface area contributed by atoms with E-state index in [1.165, 1.54) is 0 Å². The lowest BCUT2D eigenvalue weighted by molar-refractivity contribution is -0.122. The minimum absolute atomic E-state index is 0.0728. The number of aryl methyl sites for hydroxylation is 1. The van der Waals surface area contributed by atoms with Gasteiger partial charge in [0.05, 0.1) is 17.2 Å². The molecule has 1 heterocycles. The van der Waals surface area contributed by atoms with Crippen LogP contribution in [0.2, 0.25) is 0 Å². The van der Waals surface area contributed by atoms with Crippen LogP contribution in [0.25, 0.3) is 0 Å². The van der Waals surface area contributed by atoms with Crippen LogP contribution in [0, 0.1) is 12.8 Å². The van der Waals surface area contributed by atoms with Crippen LogP contribution in [0.5, 0.6) is 0 Å². The molecule has 1 saturated heterocycles. The fourth-order valence-electron chi connectivity index (χ4n) is 4.07. The summed E-state index contributed by atoms with van der Waals surface area (Å²) in [5.74, 6) is -1.06. The van der Waals surface area contributed by atoms with Crippen LogP contribution < -0.4 is 15.5 Å². The first-order valence-electron chi connectivity index (χ1n) is 11.1. The first-order chi connectivity index (χ1) is 16.0. The van der Waals surface area contributed by atoms with Crippen molar-refractivity contribution in [1.82, 2.24) is 5.32 Å². The summed E-state index contributed by atoms with van der Waals surface area (Å²) in [5.41, 5.74) is 3.81. The number of rotatable bonds is 7. The zero-order valence-electron chi connectivity index (χ0n) is 18.6. The molecule has 3 aromatic carbocycles. The summed E-state index contributed by atoms with van der Waals surface area (Å²) in [6.07, 6.45) is 0.867. The molecule has 168 valence electrons. The highest BCUT2D eigenvalue weighted by atomic mass is 16.2. The third kappa shape index (κ3) is 5.29. The quantitative estimate of drug-likeness (QED) is 0.583. The normalized spacial score (nSPS) is 15.4. The molecule has 6 nitrogen and oxygen atoms in total. The molecule has 0 radical (unpaired) electrons. The van der Waals surface area contributed by atoms with Gasteiger partial charge in [-0.2, -0.15) is 0 Å². The molecule has 0 saturated carbocycles. The predicted molar refractivity (Wildman–Crippen MR) is 129 cm³/mol. The van der Waals surface area contributed by atoms with Crippen molar-refractivity contribution in [3.63, 3.8) is 0 Å². The van der Waals surface area contributed by atoms with Gasteiger partial charge in [-0.05, 0) is 42.7 Å². The lowest BCUT2D eigenvalue weighted by Crippen LogP contribution is -2.30. The van der Waals surface area contributed by atoms with Gasteiger partial charge < -0.3 is 15.5 Å². The Bertz CT molecular complexity index is 1160. The van der Waals surface area contributed by atoms with Crippen molar-refractivity contribution in [2.75, 3.05) is 23.3 Å². The highest BCUT2D eigenvalue weighted by Crippen LogP contribution is 2.28. The molecule has 0 spiro atoms. The summed E-state index contributed by atoms with van der Waals surface area (Å²) in [6.45, 7) is 2.76. The van der Waals surface area contributed by atoms with E-state index in [2.05, 4.69) is 10.6 Å². The Morgan fingerprint density at radius 2 is 1.64 bits per heavy atom. The van der Waals surface area contributed by atoms with Crippen molar-refractivity contribution in [1.29, 1.82) is 0 Å². The van der Waals surface area contributed by atoms with Crippen molar-refractivity contribution in [2.45, 2.75) is 19.8 Å². The summed E-state index contributed by atoms with van der Waals surface area (Å²) in [4.78, 5) is 40.0. The van der Waals surface area contributed by atoms with Crippen LogP contribution in [0.1, 0.15) is 27.9 Å². The lowest BCUT2D eigenvalue weighted by Gasteiger charge is -2.19. The van der Waals surface area contributed by atoms with Gasteiger partial charge in [0.25, 0.3) is 5.91 Å². The molecule has 3 amide bonds. The van der Waals surface area contributed by atoms with E-state index in [1.807, 2.05) is 61.5 Å². The molecule has 0 bridgehead atoms. The molecule has 1 atom stereocenters. The Labute approximate surface area is 193 Å².